The third-order valence-electron chi connectivity index (χ3n) is 3.24. The smallest absolute Gasteiger partial charge is 0.126 e. The number of aliphatic hydroxyl groups is 2. The van der Waals surface area contributed by atoms with Gasteiger partial charge in [-0.25, -0.2) is 0 Å². The van der Waals surface area contributed by atoms with E-state index in [9.17, 15) is 10.2 Å². The first-order chi connectivity index (χ1) is 8.41. The van der Waals surface area contributed by atoms with Gasteiger partial charge in [-0.3, -0.25) is 0 Å². The minimum atomic E-state index is -0.807. The Hall–Kier alpha value is -0.580. The van der Waals surface area contributed by atoms with E-state index in [-0.39, 0.29) is 6.61 Å². The quantitative estimate of drug-likeness (QED) is 0.845. The molecule has 102 valence electrons. The maximum Gasteiger partial charge on any atom is 0.126 e. The van der Waals surface area contributed by atoms with Crippen LogP contribution >= 0.6 is 15.9 Å². The SMILES string of the molecule is CCC(O)(CC)COc1cc(Br)ccc1[C@H](C)O. The van der Waals surface area contributed by atoms with Gasteiger partial charge in [0.25, 0.3) is 0 Å². The number of hydrogen-bond acceptors (Lipinski definition) is 3. The Balaban J connectivity index is 2.86. The zero-order valence-electron chi connectivity index (χ0n) is 11.1. The summed E-state index contributed by atoms with van der Waals surface area (Å²) in [6, 6.07) is 5.50. The Morgan fingerprint density at radius 3 is 2.44 bits per heavy atom. The van der Waals surface area contributed by atoms with Crippen molar-refractivity contribution in [2.75, 3.05) is 6.61 Å². The van der Waals surface area contributed by atoms with E-state index in [1.807, 2.05) is 32.0 Å². The van der Waals surface area contributed by atoms with Gasteiger partial charge in [-0.05, 0) is 31.9 Å². The molecule has 0 bridgehead atoms. The van der Waals surface area contributed by atoms with Crippen LogP contribution in [0.4, 0.5) is 0 Å². The molecule has 0 saturated carbocycles. The van der Waals surface area contributed by atoms with Crippen LogP contribution in [-0.4, -0.2) is 22.4 Å². The van der Waals surface area contributed by atoms with Crippen LogP contribution in [-0.2, 0) is 0 Å². The first-order valence-corrected chi connectivity index (χ1v) is 7.04. The molecule has 18 heavy (non-hydrogen) atoms. The van der Waals surface area contributed by atoms with Crippen molar-refractivity contribution >= 4 is 15.9 Å². The van der Waals surface area contributed by atoms with Crippen LogP contribution in [0.15, 0.2) is 22.7 Å². The molecule has 0 saturated heterocycles. The topological polar surface area (TPSA) is 49.7 Å². The summed E-state index contributed by atoms with van der Waals surface area (Å²) in [6.45, 7) is 5.80. The molecular formula is C14H21BrO3. The highest BCUT2D eigenvalue weighted by atomic mass is 79.9. The van der Waals surface area contributed by atoms with E-state index in [1.165, 1.54) is 0 Å². The number of rotatable bonds is 6. The predicted octanol–water partition coefficient (Wildman–Crippen LogP) is 3.43. The first kappa shape index (κ1) is 15.5. The second-order valence-corrected chi connectivity index (χ2v) is 5.49. The van der Waals surface area contributed by atoms with Crippen molar-refractivity contribution < 1.29 is 14.9 Å². The molecule has 2 N–H and O–H groups in total. The molecule has 0 amide bonds. The van der Waals surface area contributed by atoms with Crippen LogP contribution in [0.5, 0.6) is 5.75 Å². The Bertz CT molecular complexity index is 387. The lowest BCUT2D eigenvalue weighted by atomic mass is 9.99. The van der Waals surface area contributed by atoms with E-state index >= 15 is 0 Å². The molecule has 0 radical (unpaired) electrons. The van der Waals surface area contributed by atoms with E-state index in [0.717, 1.165) is 10.0 Å². The molecule has 1 rings (SSSR count). The molecular weight excluding hydrogens is 296 g/mol. The van der Waals surface area contributed by atoms with Gasteiger partial charge in [0.1, 0.15) is 12.4 Å². The van der Waals surface area contributed by atoms with Crippen LogP contribution < -0.4 is 4.74 Å². The molecule has 0 aromatic heterocycles. The van der Waals surface area contributed by atoms with Gasteiger partial charge in [0.15, 0.2) is 0 Å². The molecule has 0 aliphatic heterocycles. The van der Waals surface area contributed by atoms with Crippen molar-refractivity contribution in [1.82, 2.24) is 0 Å². The van der Waals surface area contributed by atoms with Crippen molar-refractivity contribution in [3.8, 4) is 5.75 Å². The summed E-state index contributed by atoms with van der Waals surface area (Å²) in [5.74, 6) is 0.611. The standard InChI is InChI=1S/C14H21BrO3/c1-4-14(17,5-2)9-18-13-8-11(15)6-7-12(13)10(3)16/h6-8,10,16-17H,4-5,9H2,1-3H3/t10-/m0/s1. The number of ether oxygens (including phenoxy) is 1. The molecule has 1 aromatic rings. The summed E-state index contributed by atoms with van der Waals surface area (Å²) in [7, 11) is 0. The lowest BCUT2D eigenvalue weighted by Gasteiger charge is -2.26. The Kier molecular flexibility index (Phi) is 5.63. The third-order valence-corrected chi connectivity index (χ3v) is 3.73. The Labute approximate surface area is 117 Å². The molecule has 1 aromatic carbocycles. The summed E-state index contributed by atoms with van der Waals surface area (Å²) in [5.41, 5.74) is -0.0779. The molecule has 0 aliphatic carbocycles. The third kappa shape index (κ3) is 3.97. The largest absolute Gasteiger partial charge is 0.490 e. The van der Waals surface area contributed by atoms with Crippen molar-refractivity contribution in [2.24, 2.45) is 0 Å². The molecule has 0 heterocycles. The van der Waals surface area contributed by atoms with Crippen molar-refractivity contribution in [3.63, 3.8) is 0 Å². The summed E-state index contributed by atoms with van der Waals surface area (Å²) >= 11 is 3.38. The van der Waals surface area contributed by atoms with E-state index in [0.29, 0.717) is 18.6 Å². The Morgan fingerprint density at radius 1 is 1.33 bits per heavy atom. The zero-order valence-corrected chi connectivity index (χ0v) is 12.7. The molecule has 0 fully saturated rings. The van der Waals surface area contributed by atoms with Gasteiger partial charge in [0, 0.05) is 10.0 Å². The fourth-order valence-electron chi connectivity index (χ4n) is 1.64. The monoisotopic (exact) mass is 316 g/mol. The van der Waals surface area contributed by atoms with Crippen LogP contribution in [0, 0.1) is 0 Å². The second kappa shape index (κ2) is 6.55. The highest BCUT2D eigenvalue weighted by Gasteiger charge is 2.24. The van der Waals surface area contributed by atoms with Crippen LogP contribution in [0.3, 0.4) is 0 Å². The van der Waals surface area contributed by atoms with Gasteiger partial charge < -0.3 is 14.9 Å². The number of aliphatic hydroxyl groups excluding tert-OH is 1. The number of hydrogen-bond donors (Lipinski definition) is 2. The summed E-state index contributed by atoms with van der Waals surface area (Å²) in [5, 5.41) is 19.9. The minimum Gasteiger partial charge on any atom is -0.490 e. The van der Waals surface area contributed by atoms with Crippen LogP contribution in [0.1, 0.15) is 45.3 Å². The number of halogens is 1. The van der Waals surface area contributed by atoms with Gasteiger partial charge in [-0.15, -0.1) is 0 Å². The second-order valence-electron chi connectivity index (χ2n) is 4.58. The maximum absolute atomic E-state index is 10.2. The lowest BCUT2D eigenvalue weighted by Crippen LogP contribution is -2.34. The summed E-state index contributed by atoms with van der Waals surface area (Å²) in [6.07, 6.45) is 0.688. The molecule has 1 atom stereocenters. The average molecular weight is 317 g/mol. The van der Waals surface area contributed by atoms with Crippen LogP contribution in [0.2, 0.25) is 0 Å². The summed E-state index contributed by atoms with van der Waals surface area (Å²) in [4.78, 5) is 0. The highest BCUT2D eigenvalue weighted by molar-refractivity contribution is 9.10. The zero-order chi connectivity index (χ0) is 13.8. The van der Waals surface area contributed by atoms with E-state index in [1.54, 1.807) is 6.92 Å². The van der Waals surface area contributed by atoms with Crippen LogP contribution in [0.25, 0.3) is 0 Å². The first-order valence-electron chi connectivity index (χ1n) is 6.24. The fourth-order valence-corrected chi connectivity index (χ4v) is 1.98. The molecule has 3 nitrogen and oxygen atoms in total. The maximum atomic E-state index is 10.2. The summed E-state index contributed by atoms with van der Waals surface area (Å²) < 4.78 is 6.57. The van der Waals surface area contributed by atoms with Crippen molar-refractivity contribution in [3.05, 3.63) is 28.2 Å². The fraction of sp³-hybridized carbons (Fsp3) is 0.571. The van der Waals surface area contributed by atoms with Gasteiger partial charge in [0.05, 0.1) is 11.7 Å². The molecule has 0 aliphatic rings. The predicted molar refractivity (Wildman–Crippen MR) is 75.8 cm³/mol. The number of benzene rings is 1. The van der Waals surface area contributed by atoms with Crippen molar-refractivity contribution in [2.45, 2.75) is 45.3 Å². The lowest BCUT2D eigenvalue weighted by molar-refractivity contribution is -0.0121. The Morgan fingerprint density at radius 2 is 1.94 bits per heavy atom. The van der Waals surface area contributed by atoms with E-state index in [2.05, 4.69) is 15.9 Å². The van der Waals surface area contributed by atoms with Gasteiger partial charge in [-0.1, -0.05) is 35.8 Å². The molecule has 0 unspecified atom stereocenters. The van der Waals surface area contributed by atoms with Gasteiger partial charge in [0.2, 0.25) is 0 Å². The van der Waals surface area contributed by atoms with E-state index in [4.69, 9.17) is 4.74 Å². The highest BCUT2D eigenvalue weighted by Crippen LogP contribution is 2.29. The van der Waals surface area contributed by atoms with E-state index < -0.39 is 11.7 Å². The van der Waals surface area contributed by atoms with Gasteiger partial charge in [-0.2, -0.15) is 0 Å². The molecule has 4 heteroatoms. The normalized spacial score (nSPS) is 13.4. The molecule has 0 spiro atoms. The van der Waals surface area contributed by atoms with Crippen molar-refractivity contribution in [1.29, 1.82) is 0 Å². The van der Waals surface area contributed by atoms with Gasteiger partial charge >= 0.3 is 0 Å². The minimum absolute atomic E-state index is 0.232. The average Bonchev–Trinajstić information content (AvgIpc) is 2.35.